The number of hydrogen-bond acceptors (Lipinski definition) is 5. The minimum atomic E-state index is -0.0324. The van der Waals surface area contributed by atoms with E-state index >= 15 is 0 Å². The van der Waals surface area contributed by atoms with Gasteiger partial charge in [0.15, 0.2) is 0 Å². The maximum absolute atomic E-state index is 12.7. The summed E-state index contributed by atoms with van der Waals surface area (Å²) < 4.78 is 0. The molecule has 2 aromatic heterocycles. The first-order valence-electron chi connectivity index (χ1n) is 9.68. The molecule has 1 fully saturated rings. The molecule has 0 spiro atoms. The number of hydrogen-bond donors (Lipinski definition) is 1. The van der Waals surface area contributed by atoms with Crippen LogP contribution in [0, 0.1) is 13.8 Å². The molecule has 0 unspecified atom stereocenters. The minimum absolute atomic E-state index is 0.00329. The van der Waals surface area contributed by atoms with Crippen molar-refractivity contribution in [3.05, 3.63) is 83.4 Å². The van der Waals surface area contributed by atoms with Gasteiger partial charge in [0.1, 0.15) is 17.5 Å². The van der Waals surface area contributed by atoms with E-state index in [1.54, 1.807) is 12.3 Å². The number of carbonyl (C=O) groups excluding carboxylic acids is 1. The number of amides is 1. The summed E-state index contributed by atoms with van der Waals surface area (Å²) in [6.07, 6.45) is 6.12. The zero-order valence-corrected chi connectivity index (χ0v) is 16.5. The zero-order chi connectivity index (χ0) is 20.2. The van der Waals surface area contributed by atoms with Gasteiger partial charge in [-0.1, -0.05) is 36.4 Å². The Morgan fingerprint density at radius 2 is 1.97 bits per heavy atom. The normalized spacial score (nSPS) is 15.9. The van der Waals surface area contributed by atoms with Crippen molar-refractivity contribution in [3.63, 3.8) is 0 Å². The molecule has 1 atom stereocenters. The second-order valence-electron chi connectivity index (χ2n) is 7.10. The highest BCUT2D eigenvalue weighted by molar-refractivity contribution is 5.92. The van der Waals surface area contributed by atoms with E-state index in [1.807, 2.05) is 73.4 Å². The molecule has 29 heavy (non-hydrogen) atoms. The molecular formula is C23H23N5O. The van der Waals surface area contributed by atoms with Gasteiger partial charge in [-0.25, -0.2) is 15.0 Å². The fourth-order valence-corrected chi connectivity index (χ4v) is 3.35. The Labute approximate surface area is 170 Å². The summed E-state index contributed by atoms with van der Waals surface area (Å²) in [5.74, 6) is 2.12. The number of pyridine rings is 1. The molecule has 1 amide bonds. The van der Waals surface area contributed by atoms with Gasteiger partial charge in [0, 0.05) is 24.9 Å². The van der Waals surface area contributed by atoms with Crippen molar-refractivity contribution < 1.29 is 4.79 Å². The van der Waals surface area contributed by atoms with E-state index in [-0.39, 0.29) is 11.9 Å². The molecule has 0 radical (unpaired) electrons. The van der Waals surface area contributed by atoms with E-state index in [9.17, 15) is 4.79 Å². The molecule has 6 nitrogen and oxygen atoms in total. The first kappa shape index (κ1) is 18.8. The van der Waals surface area contributed by atoms with Crippen LogP contribution in [0.2, 0.25) is 0 Å². The number of likely N-dealkylation sites (tertiary alicyclic amines) is 1. The van der Waals surface area contributed by atoms with Crippen molar-refractivity contribution in [3.8, 4) is 0 Å². The third kappa shape index (κ3) is 4.32. The van der Waals surface area contributed by atoms with Gasteiger partial charge in [0.05, 0.1) is 11.7 Å². The molecule has 1 aliphatic heterocycles. The van der Waals surface area contributed by atoms with Gasteiger partial charge in [-0.2, -0.15) is 0 Å². The quantitative estimate of drug-likeness (QED) is 0.666. The molecule has 1 saturated heterocycles. The van der Waals surface area contributed by atoms with E-state index in [2.05, 4.69) is 20.3 Å². The summed E-state index contributed by atoms with van der Waals surface area (Å²) in [4.78, 5) is 27.9. The van der Waals surface area contributed by atoms with Crippen molar-refractivity contribution in [1.29, 1.82) is 0 Å². The van der Waals surface area contributed by atoms with Gasteiger partial charge in [-0.3, -0.25) is 4.79 Å². The van der Waals surface area contributed by atoms with Crippen LogP contribution in [0.25, 0.3) is 6.08 Å². The monoisotopic (exact) mass is 385 g/mol. The fourth-order valence-electron chi connectivity index (χ4n) is 3.35. The largest absolute Gasteiger partial charge is 0.330 e. The molecule has 0 bridgehead atoms. The van der Waals surface area contributed by atoms with Crippen LogP contribution in [-0.4, -0.2) is 32.3 Å². The topological polar surface area (TPSA) is 71.0 Å². The van der Waals surface area contributed by atoms with E-state index in [4.69, 9.17) is 0 Å². The average molecular weight is 385 g/mol. The van der Waals surface area contributed by atoms with Crippen LogP contribution in [0.1, 0.15) is 35.1 Å². The van der Waals surface area contributed by atoms with Gasteiger partial charge < -0.3 is 10.2 Å². The second kappa shape index (κ2) is 8.22. The number of nitrogens with one attached hydrogen (secondary N) is 1. The summed E-state index contributed by atoms with van der Waals surface area (Å²) in [5, 5.41) is 3.27. The second-order valence-corrected chi connectivity index (χ2v) is 7.10. The summed E-state index contributed by atoms with van der Waals surface area (Å²) in [6, 6.07) is 15.6. The number of nitrogens with zero attached hydrogens (tertiary/aromatic N) is 4. The van der Waals surface area contributed by atoms with Gasteiger partial charge in [-0.15, -0.1) is 0 Å². The van der Waals surface area contributed by atoms with E-state index in [1.165, 1.54) is 0 Å². The van der Waals surface area contributed by atoms with Crippen LogP contribution >= 0.6 is 0 Å². The summed E-state index contributed by atoms with van der Waals surface area (Å²) in [7, 11) is 0. The molecular weight excluding hydrogens is 362 g/mol. The SMILES string of the molecule is Cc1nc(Nc2ncccc2C)cc([C@H]2CCN2C(=O)/C=C/c2ccccc2)n1. The van der Waals surface area contributed by atoms with Crippen LogP contribution in [0.5, 0.6) is 0 Å². The van der Waals surface area contributed by atoms with Crippen LogP contribution in [0.15, 0.2) is 60.8 Å². The number of benzene rings is 1. The zero-order valence-electron chi connectivity index (χ0n) is 16.5. The van der Waals surface area contributed by atoms with Gasteiger partial charge in [-0.05, 0) is 43.5 Å². The Morgan fingerprint density at radius 3 is 2.69 bits per heavy atom. The van der Waals surface area contributed by atoms with Crippen LogP contribution in [0.4, 0.5) is 11.6 Å². The Hall–Kier alpha value is -3.54. The Bertz CT molecular complexity index is 1050. The van der Waals surface area contributed by atoms with Gasteiger partial charge >= 0.3 is 0 Å². The minimum Gasteiger partial charge on any atom is -0.330 e. The summed E-state index contributed by atoms with van der Waals surface area (Å²) in [5.41, 5.74) is 2.89. The molecule has 1 aliphatic rings. The highest BCUT2D eigenvalue weighted by Gasteiger charge is 2.33. The number of anilines is 2. The molecule has 3 aromatic rings. The summed E-state index contributed by atoms with van der Waals surface area (Å²) in [6.45, 7) is 4.59. The molecule has 146 valence electrons. The molecule has 1 aromatic carbocycles. The first-order chi connectivity index (χ1) is 14.1. The number of aromatic nitrogens is 3. The van der Waals surface area contributed by atoms with Crippen molar-refractivity contribution in [2.75, 3.05) is 11.9 Å². The highest BCUT2D eigenvalue weighted by Crippen LogP contribution is 2.33. The lowest BCUT2D eigenvalue weighted by Crippen LogP contribution is -2.44. The fraction of sp³-hybridized carbons (Fsp3) is 0.217. The van der Waals surface area contributed by atoms with Crippen molar-refractivity contribution in [2.45, 2.75) is 26.3 Å². The smallest absolute Gasteiger partial charge is 0.247 e. The lowest BCUT2D eigenvalue weighted by molar-refractivity contribution is -0.133. The van der Waals surface area contributed by atoms with Crippen molar-refractivity contribution in [1.82, 2.24) is 19.9 Å². The predicted molar refractivity (Wildman–Crippen MR) is 114 cm³/mol. The lowest BCUT2D eigenvalue weighted by Gasteiger charge is -2.40. The van der Waals surface area contributed by atoms with Crippen LogP contribution in [0.3, 0.4) is 0 Å². The lowest BCUT2D eigenvalue weighted by atomic mass is 9.98. The maximum atomic E-state index is 12.7. The van der Waals surface area contributed by atoms with Crippen LogP contribution < -0.4 is 5.32 Å². The third-order valence-electron chi connectivity index (χ3n) is 4.98. The summed E-state index contributed by atoms with van der Waals surface area (Å²) >= 11 is 0. The van der Waals surface area contributed by atoms with E-state index in [0.29, 0.717) is 11.6 Å². The van der Waals surface area contributed by atoms with Gasteiger partial charge in [0.2, 0.25) is 5.91 Å². The molecule has 0 aliphatic carbocycles. The predicted octanol–water partition coefficient (Wildman–Crippen LogP) is 4.22. The third-order valence-corrected chi connectivity index (χ3v) is 4.98. The van der Waals surface area contributed by atoms with Crippen molar-refractivity contribution >= 4 is 23.6 Å². The van der Waals surface area contributed by atoms with Crippen LogP contribution in [-0.2, 0) is 4.79 Å². The standard InChI is InChI=1S/C23H23N5O/c1-16-7-6-13-24-23(16)27-21-15-19(25-17(2)26-21)20-12-14-28(20)22(29)11-10-18-8-4-3-5-9-18/h3-11,13,15,20H,12,14H2,1-2H3,(H,24,25,26,27)/b11-10+/t20-/m1/s1. The number of rotatable bonds is 5. The Morgan fingerprint density at radius 1 is 1.14 bits per heavy atom. The Kier molecular flexibility index (Phi) is 5.33. The number of carbonyl (C=O) groups is 1. The molecule has 1 N–H and O–H groups in total. The molecule has 4 rings (SSSR count). The van der Waals surface area contributed by atoms with Gasteiger partial charge in [0.25, 0.3) is 0 Å². The van der Waals surface area contributed by atoms with E-state index < -0.39 is 0 Å². The highest BCUT2D eigenvalue weighted by atomic mass is 16.2. The van der Waals surface area contributed by atoms with E-state index in [0.717, 1.165) is 35.6 Å². The maximum Gasteiger partial charge on any atom is 0.247 e. The molecule has 3 heterocycles. The number of aryl methyl sites for hydroxylation is 2. The molecule has 0 saturated carbocycles. The Balaban J connectivity index is 1.51. The average Bonchev–Trinajstić information content (AvgIpc) is 2.68. The first-order valence-corrected chi connectivity index (χ1v) is 9.68. The molecule has 6 heteroatoms. The van der Waals surface area contributed by atoms with Crippen molar-refractivity contribution in [2.24, 2.45) is 0 Å².